The number of nitrogens with zero attached hydrogens (tertiary/aromatic N) is 3. The Morgan fingerprint density at radius 1 is 0.981 bits per heavy atom. The summed E-state index contributed by atoms with van der Waals surface area (Å²) in [6, 6.07) is -18.1. The SMILES string of the molecule is [2H]c1c([2H])c(F)c(F)c(CSc2c([2H])c(=O)c3c([2H])c([2H])c([2H])c([2H])c3n2C([2H])([2H])C(=O)N(Cc2c([2H])c([2H])c(-c3c([2H])c([2H])c(C(F)(F)F)c(C)c3[2H])c([2H])c2[2H])C2CCN(C([2H])([2H])COC)CC2)c1[2H]. The Labute approximate surface area is 335 Å². The Hall–Kier alpha value is -4.52. The summed E-state index contributed by atoms with van der Waals surface area (Å²) in [6.07, 6.45) is -5.65. The number of alkyl halides is 3. The molecule has 1 fully saturated rings. The number of carbonyl (C=O) groups is 1. The van der Waals surface area contributed by atoms with E-state index in [9.17, 15) is 25.1 Å². The van der Waals surface area contributed by atoms with Gasteiger partial charge in [-0.2, -0.15) is 13.2 Å². The lowest BCUT2D eigenvalue weighted by atomic mass is 9.98. The van der Waals surface area contributed by atoms with Gasteiger partial charge in [0.05, 0.1) is 46.0 Å². The Morgan fingerprint density at radius 3 is 2.42 bits per heavy atom. The number of piperidine rings is 1. The first kappa shape index (κ1) is 20.8. The maximum atomic E-state index is 15.4. The minimum absolute atomic E-state index is 0.115. The number of carbonyl (C=O) groups excluding carboxylic acids is 1. The third kappa shape index (κ3) is 9.00. The third-order valence-corrected chi connectivity index (χ3v) is 9.07. The molecule has 0 atom stereocenters. The molecule has 6 nitrogen and oxygen atoms in total. The number of aromatic nitrogens is 1. The molecular formula is C41H40F5N3O3S. The maximum Gasteiger partial charge on any atom is 0.416 e. The minimum atomic E-state index is -5.21. The van der Waals surface area contributed by atoms with Crippen LogP contribution < -0.4 is 5.43 Å². The van der Waals surface area contributed by atoms with E-state index >= 15 is 9.18 Å². The number of benzene rings is 4. The molecule has 0 spiro atoms. The van der Waals surface area contributed by atoms with Gasteiger partial charge in [0.2, 0.25) is 5.91 Å². The topological polar surface area (TPSA) is 54.8 Å². The molecule has 0 N–H and O–H groups in total. The number of amides is 1. The summed E-state index contributed by atoms with van der Waals surface area (Å²) in [5, 5.41) is -1.98. The zero-order valence-corrected chi connectivity index (χ0v) is 28.7. The largest absolute Gasteiger partial charge is 0.416 e. The quantitative estimate of drug-likeness (QED) is 0.0940. The van der Waals surface area contributed by atoms with Gasteiger partial charge in [-0.1, -0.05) is 60.4 Å². The Morgan fingerprint density at radius 2 is 1.70 bits per heavy atom. The van der Waals surface area contributed by atoms with E-state index in [4.69, 9.17) is 28.0 Å². The Bertz CT molecular complexity index is 3070. The van der Waals surface area contributed by atoms with Crippen LogP contribution in [0.15, 0.2) is 100 Å². The second-order valence-corrected chi connectivity index (χ2v) is 12.5. The molecule has 0 saturated carbocycles. The van der Waals surface area contributed by atoms with E-state index < -0.39 is 207 Å². The fraction of sp³-hybridized carbons (Fsp3) is 0.317. The van der Waals surface area contributed by atoms with Gasteiger partial charge in [-0.3, -0.25) is 9.59 Å². The van der Waals surface area contributed by atoms with Gasteiger partial charge in [0.25, 0.3) is 0 Å². The monoisotopic (exact) mass is 768 g/mol. The second kappa shape index (κ2) is 16.7. The number of rotatable bonds is 12. The summed E-state index contributed by atoms with van der Waals surface area (Å²) < 4.78 is 241. The number of halogens is 5. The average molecular weight is 769 g/mol. The van der Waals surface area contributed by atoms with E-state index in [1.807, 2.05) is 0 Å². The molecule has 1 aliphatic heterocycles. The Kier molecular flexibility index (Phi) is 6.54. The Balaban J connectivity index is 1.61. The standard InChI is InChI=1S/C41H40F5N3O3S/c1-27-22-30(14-15-34(27)41(44,45)46)29-12-10-28(11-13-29)24-48(32-16-18-47(19-17-32)20-21-52-2)38(51)25-49-36-9-4-3-7-33(36)37(50)23-39(49)53-26-31-6-5-8-35(42)40(31)43/h3-15,22-23,32H,16-21,24-26H2,1-2H3/i3D,4D,5D,6D,7D,8D,9D,10D,11D,12D,13D,14D,15D,20D2,22D,23D,25D2. The summed E-state index contributed by atoms with van der Waals surface area (Å²) in [5.74, 6) is -6.39. The first-order valence-electron chi connectivity index (χ1n) is 25.2. The summed E-state index contributed by atoms with van der Waals surface area (Å²) in [5.41, 5.74) is -8.33. The highest BCUT2D eigenvalue weighted by Gasteiger charge is 2.32. The van der Waals surface area contributed by atoms with Crippen molar-refractivity contribution in [3.05, 3.63) is 135 Å². The molecule has 1 aromatic heterocycles. The van der Waals surface area contributed by atoms with Crippen LogP contribution >= 0.6 is 11.8 Å². The summed E-state index contributed by atoms with van der Waals surface area (Å²) >= 11 is 0.115. The summed E-state index contributed by atoms with van der Waals surface area (Å²) in [4.78, 5) is 31.3. The number of thioether (sulfide) groups is 1. The van der Waals surface area contributed by atoms with Crippen LogP contribution in [0.4, 0.5) is 22.0 Å². The van der Waals surface area contributed by atoms with E-state index in [0.717, 1.165) is 6.92 Å². The van der Waals surface area contributed by atoms with Crippen molar-refractivity contribution >= 4 is 28.6 Å². The van der Waals surface area contributed by atoms with Crippen LogP contribution in [-0.4, -0.2) is 59.6 Å². The normalized spacial score (nSPS) is 19.8. The highest BCUT2D eigenvalue weighted by Crippen LogP contribution is 2.34. The number of likely N-dealkylation sites (tertiary alicyclic amines) is 1. The molecule has 0 bridgehead atoms. The lowest BCUT2D eigenvalue weighted by Gasteiger charge is -2.39. The number of fused-ring (bicyclic) bond motifs is 1. The molecule has 6 rings (SSSR count). The van der Waals surface area contributed by atoms with Gasteiger partial charge in [0.1, 0.15) is 6.50 Å². The van der Waals surface area contributed by atoms with Crippen molar-refractivity contribution in [3.63, 3.8) is 0 Å². The smallest absolute Gasteiger partial charge is 0.383 e. The fourth-order valence-electron chi connectivity index (χ4n) is 5.45. The lowest BCUT2D eigenvalue weighted by molar-refractivity contribution is -0.138. The molecule has 1 amide bonds. The van der Waals surface area contributed by atoms with Gasteiger partial charge < -0.3 is 19.1 Å². The molecule has 1 saturated heterocycles. The number of methoxy groups -OCH3 is 1. The van der Waals surface area contributed by atoms with Crippen LogP contribution in [0.5, 0.6) is 0 Å². The van der Waals surface area contributed by atoms with Crippen LogP contribution in [0.25, 0.3) is 22.0 Å². The number of pyridine rings is 1. The first-order valence-corrected chi connectivity index (χ1v) is 16.7. The molecule has 4 aromatic carbocycles. The zero-order chi connectivity index (χ0) is 54.3. The highest BCUT2D eigenvalue weighted by atomic mass is 32.2. The van der Waals surface area contributed by atoms with Crippen LogP contribution in [0.2, 0.25) is 0 Å². The fourth-order valence-corrected chi connectivity index (χ4v) is 6.36. The van der Waals surface area contributed by atoms with Crippen molar-refractivity contribution in [2.45, 2.75) is 55.8 Å². The van der Waals surface area contributed by atoms with E-state index in [2.05, 4.69) is 0 Å². The van der Waals surface area contributed by atoms with E-state index in [0.29, 0.717) is 4.90 Å². The van der Waals surface area contributed by atoms with Crippen LogP contribution in [0.3, 0.4) is 0 Å². The van der Waals surface area contributed by atoms with Gasteiger partial charge in [0.15, 0.2) is 17.1 Å². The number of hydrogen-bond donors (Lipinski definition) is 0. The predicted molar refractivity (Wildman–Crippen MR) is 198 cm³/mol. The van der Waals surface area contributed by atoms with Crippen LogP contribution in [0.1, 0.15) is 61.1 Å². The molecule has 12 heteroatoms. The van der Waals surface area contributed by atoms with Gasteiger partial charge >= 0.3 is 6.18 Å². The first-order chi connectivity index (χ1) is 33.2. The molecule has 0 unspecified atom stereocenters. The summed E-state index contributed by atoms with van der Waals surface area (Å²) in [6.45, 7) is -6.92. The third-order valence-electron chi connectivity index (χ3n) is 8.08. The van der Waals surface area contributed by atoms with E-state index in [-0.39, 0.29) is 42.3 Å². The molecule has 2 heterocycles. The van der Waals surface area contributed by atoms with Crippen molar-refractivity contribution in [3.8, 4) is 11.1 Å². The van der Waals surface area contributed by atoms with Crippen molar-refractivity contribution in [2.75, 3.05) is 33.3 Å². The predicted octanol–water partition coefficient (Wildman–Crippen LogP) is 8.71. The van der Waals surface area contributed by atoms with Crippen molar-refractivity contribution in [2.24, 2.45) is 0 Å². The molecular weight excluding hydrogens is 710 g/mol. The van der Waals surface area contributed by atoms with Crippen LogP contribution in [0, 0.1) is 18.6 Å². The van der Waals surface area contributed by atoms with Gasteiger partial charge in [-0.15, -0.1) is 11.8 Å². The van der Waals surface area contributed by atoms with Gasteiger partial charge in [-0.05, 0) is 66.2 Å². The molecule has 53 heavy (non-hydrogen) atoms. The van der Waals surface area contributed by atoms with Crippen molar-refractivity contribution in [1.29, 1.82) is 0 Å². The lowest BCUT2D eigenvalue weighted by Crippen LogP contribution is -2.48. The molecule has 278 valence electrons. The van der Waals surface area contributed by atoms with Gasteiger partial charge in [-0.25, -0.2) is 8.78 Å². The van der Waals surface area contributed by atoms with E-state index in [1.165, 1.54) is 12.0 Å². The average Bonchev–Trinajstić information content (AvgIpc) is 3.31. The minimum Gasteiger partial charge on any atom is -0.383 e. The molecule has 0 radical (unpaired) electrons. The second-order valence-electron chi connectivity index (χ2n) is 11.5. The van der Waals surface area contributed by atoms with Gasteiger partial charge in [0, 0.05) is 64.8 Å². The number of para-hydroxylation sites is 1. The zero-order valence-electron chi connectivity index (χ0n) is 46.9. The maximum absolute atomic E-state index is 15.4. The highest BCUT2D eigenvalue weighted by molar-refractivity contribution is 7.98. The number of ether oxygens (including phenoxy) is 1. The molecule has 1 aliphatic rings. The van der Waals surface area contributed by atoms with Crippen molar-refractivity contribution in [1.82, 2.24) is 14.4 Å². The molecule has 0 aliphatic carbocycles. The van der Waals surface area contributed by atoms with Crippen LogP contribution in [-0.2, 0) is 34.5 Å². The van der Waals surface area contributed by atoms with E-state index in [1.54, 1.807) is 0 Å². The summed E-state index contributed by atoms with van der Waals surface area (Å²) in [7, 11) is 1.24. The number of hydrogen-bond acceptors (Lipinski definition) is 5. The molecule has 5 aromatic rings. The van der Waals surface area contributed by atoms with Crippen molar-refractivity contribution < 1.29 is 57.5 Å².